The van der Waals surface area contributed by atoms with E-state index in [-0.39, 0.29) is 30.3 Å². The van der Waals surface area contributed by atoms with Crippen LogP contribution in [0.4, 0.5) is 11.4 Å². The van der Waals surface area contributed by atoms with Gasteiger partial charge >= 0.3 is 0 Å². The summed E-state index contributed by atoms with van der Waals surface area (Å²) in [6.45, 7) is 4.00. The minimum Gasteiger partial charge on any atom is -0.376 e. The third-order valence-electron chi connectivity index (χ3n) is 5.66. The molecule has 3 saturated heterocycles. The van der Waals surface area contributed by atoms with E-state index in [1.54, 1.807) is 4.90 Å². The van der Waals surface area contributed by atoms with E-state index in [4.69, 9.17) is 4.74 Å². The van der Waals surface area contributed by atoms with Gasteiger partial charge in [-0.3, -0.25) is 9.59 Å². The van der Waals surface area contributed by atoms with Crippen LogP contribution in [0.1, 0.15) is 32.1 Å². The van der Waals surface area contributed by atoms with E-state index in [1.807, 2.05) is 12.1 Å². The zero-order valence-electron chi connectivity index (χ0n) is 15.2. The summed E-state index contributed by atoms with van der Waals surface area (Å²) in [6.07, 6.45) is 4.96. The molecule has 1 aromatic rings. The molecule has 2 amide bonds. The Kier molecular flexibility index (Phi) is 5.11. The van der Waals surface area contributed by atoms with E-state index in [0.717, 1.165) is 38.2 Å². The molecule has 0 aliphatic carbocycles. The van der Waals surface area contributed by atoms with Crippen LogP contribution in [0.25, 0.3) is 0 Å². The van der Waals surface area contributed by atoms with Crippen molar-refractivity contribution in [2.45, 2.75) is 38.2 Å². The highest BCUT2D eigenvalue weighted by Gasteiger charge is 2.35. The maximum atomic E-state index is 12.4. The number of amides is 2. The molecular formula is C20H27N3O3. The summed E-state index contributed by atoms with van der Waals surface area (Å²) in [5, 5.41) is 2.96. The van der Waals surface area contributed by atoms with Crippen molar-refractivity contribution in [2.75, 3.05) is 42.6 Å². The second kappa shape index (κ2) is 7.66. The fraction of sp³-hybridized carbons (Fsp3) is 0.600. The highest BCUT2D eigenvalue weighted by Crippen LogP contribution is 2.28. The summed E-state index contributed by atoms with van der Waals surface area (Å²) in [7, 11) is 0. The van der Waals surface area contributed by atoms with Crippen LogP contribution in [0.3, 0.4) is 0 Å². The number of hydrogen-bond acceptors (Lipinski definition) is 4. The van der Waals surface area contributed by atoms with Crippen molar-refractivity contribution in [2.24, 2.45) is 5.92 Å². The predicted molar refractivity (Wildman–Crippen MR) is 100 cm³/mol. The second-order valence-electron chi connectivity index (χ2n) is 7.50. The van der Waals surface area contributed by atoms with Crippen LogP contribution in [0.2, 0.25) is 0 Å². The quantitative estimate of drug-likeness (QED) is 0.875. The zero-order valence-corrected chi connectivity index (χ0v) is 15.2. The lowest BCUT2D eigenvalue weighted by atomic mass is 10.1. The lowest BCUT2D eigenvalue weighted by Crippen LogP contribution is -2.37. The maximum absolute atomic E-state index is 12.4. The third-order valence-corrected chi connectivity index (χ3v) is 5.66. The van der Waals surface area contributed by atoms with Gasteiger partial charge in [0.05, 0.1) is 12.0 Å². The zero-order chi connectivity index (χ0) is 17.9. The van der Waals surface area contributed by atoms with Crippen molar-refractivity contribution < 1.29 is 14.3 Å². The van der Waals surface area contributed by atoms with Crippen molar-refractivity contribution in [3.8, 4) is 0 Å². The van der Waals surface area contributed by atoms with E-state index in [9.17, 15) is 9.59 Å². The molecule has 0 saturated carbocycles. The Labute approximate surface area is 154 Å². The molecule has 0 bridgehead atoms. The van der Waals surface area contributed by atoms with Gasteiger partial charge in [-0.2, -0.15) is 0 Å². The maximum Gasteiger partial charge on any atom is 0.227 e. The molecule has 1 N–H and O–H groups in total. The van der Waals surface area contributed by atoms with E-state index >= 15 is 0 Å². The standard InChI is InChI=1S/C20H27N3O3/c24-19-12-15(20(25)21-13-18-4-3-11-26-18)14-23(19)17-7-5-16(6-8-17)22-9-1-2-10-22/h5-8,15,18H,1-4,9-14H2,(H,21,25). The Morgan fingerprint density at radius 3 is 2.54 bits per heavy atom. The number of carbonyl (C=O) groups is 2. The largest absolute Gasteiger partial charge is 0.376 e. The predicted octanol–water partition coefficient (Wildman–Crippen LogP) is 1.93. The van der Waals surface area contributed by atoms with E-state index in [2.05, 4.69) is 22.3 Å². The van der Waals surface area contributed by atoms with Gasteiger partial charge < -0.3 is 19.9 Å². The number of benzene rings is 1. The molecule has 6 heteroatoms. The first-order chi connectivity index (χ1) is 12.7. The second-order valence-corrected chi connectivity index (χ2v) is 7.50. The van der Waals surface area contributed by atoms with Gasteiger partial charge in [0.2, 0.25) is 11.8 Å². The topological polar surface area (TPSA) is 61.9 Å². The molecule has 4 rings (SSSR count). The van der Waals surface area contributed by atoms with E-state index in [1.165, 1.54) is 18.5 Å². The monoisotopic (exact) mass is 357 g/mol. The molecule has 6 nitrogen and oxygen atoms in total. The lowest BCUT2D eigenvalue weighted by Gasteiger charge is -2.21. The molecule has 0 spiro atoms. The summed E-state index contributed by atoms with van der Waals surface area (Å²) >= 11 is 0. The Bertz CT molecular complexity index is 649. The fourth-order valence-electron chi connectivity index (χ4n) is 4.12. The van der Waals surface area contributed by atoms with Gasteiger partial charge in [-0.1, -0.05) is 0 Å². The highest BCUT2D eigenvalue weighted by molar-refractivity contribution is 6.00. The summed E-state index contributed by atoms with van der Waals surface area (Å²) in [6, 6.07) is 8.16. The summed E-state index contributed by atoms with van der Waals surface area (Å²) < 4.78 is 5.53. The smallest absolute Gasteiger partial charge is 0.227 e. The summed E-state index contributed by atoms with van der Waals surface area (Å²) in [5.41, 5.74) is 2.09. The molecule has 3 heterocycles. The van der Waals surface area contributed by atoms with Crippen molar-refractivity contribution in [1.82, 2.24) is 5.32 Å². The van der Waals surface area contributed by atoms with Gasteiger partial charge in [0, 0.05) is 50.6 Å². The Hall–Kier alpha value is -2.08. The molecule has 0 radical (unpaired) electrons. The average molecular weight is 357 g/mol. The van der Waals surface area contributed by atoms with Gasteiger partial charge in [0.1, 0.15) is 0 Å². The molecular weight excluding hydrogens is 330 g/mol. The van der Waals surface area contributed by atoms with Crippen LogP contribution in [0.5, 0.6) is 0 Å². The van der Waals surface area contributed by atoms with Crippen LogP contribution in [0.15, 0.2) is 24.3 Å². The first kappa shape index (κ1) is 17.3. The molecule has 3 aliphatic rings. The highest BCUT2D eigenvalue weighted by atomic mass is 16.5. The Balaban J connectivity index is 1.34. The number of carbonyl (C=O) groups excluding carboxylic acids is 2. The molecule has 0 aromatic heterocycles. The van der Waals surface area contributed by atoms with Crippen LogP contribution < -0.4 is 15.1 Å². The van der Waals surface area contributed by atoms with E-state index in [0.29, 0.717) is 13.1 Å². The number of hydrogen-bond donors (Lipinski definition) is 1. The number of rotatable bonds is 5. The van der Waals surface area contributed by atoms with Gasteiger partial charge in [-0.25, -0.2) is 0 Å². The van der Waals surface area contributed by atoms with Crippen LogP contribution >= 0.6 is 0 Å². The molecule has 1 aromatic carbocycles. The lowest BCUT2D eigenvalue weighted by molar-refractivity contribution is -0.126. The van der Waals surface area contributed by atoms with Crippen LogP contribution in [0, 0.1) is 5.92 Å². The van der Waals surface area contributed by atoms with Gasteiger partial charge in [0.25, 0.3) is 0 Å². The number of nitrogens with zero attached hydrogens (tertiary/aromatic N) is 2. The normalized spacial score (nSPS) is 25.9. The molecule has 2 atom stereocenters. The SMILES string of the molecule is O=C(NCC1CCCO1)C1CC(=O)N(c2ccc(N3CCCC3)cc2)C1. The first-order valence-corrected chi connectivity index (χ1v) is 9.75. The molecule has 3 fully saturated rings. The fourth-order valence-corrected chi connectivity index (χ4v) is 4.12. The molecule has 26 heavy (non-hydrogen) atoms. The summed E-state index contributed by atoms with van der Waals surface area (Å²) in [5.74, 6) is -0.289. The Morgan fingerprint density at radius 1 is 1.12 bits per heavy atom. The van der Waals surface area contributed by atoms with Crippen LogP contribution in [-0.2, 0) is 14.3 Å². The molecule has 2 unspecified atom stereocenters. The van der Waals surface area contributed by atoms with Crippen molar-refractivity contribution in [1.29, 1.82) is 0 Å². The third kappa shape index (κ3) is 3.70. The molecule has 140 valence electrons. The van der Waals surface area contributed by atoms with E-state index < -0.39 is 0 Å². The number of ether oxygens (including phenoxy) is 1. The van der Waals surface area contributed by atoms with Crippen LogP contribution in [-0.4, -0.2) is 50.7 Å². The minimum atomic E-state index is -0.276. The minimum absolute atomic E-state index is 0.0242. The van der Waals surface area contributed by atoms with Crippen molar-refractivity contribution >= 4 is 23.2 Å². The van der Waals surface area contributed by atoms with Gasteiger partial charge in [-0.05, 0) is 49.9 Å². The van der Waals surface area contributed by atoms with Gasteiger partial charge in [-0.15, -0.1) is 0 Å². The molecule has 3 aliphatic heterocycles. The van der Waals surface area contributed by atoms with Crippen molar-refractivity contribution in [3.63, 3.8) is 0 Å². The average Bonchev–Trinajstić information content (AvgIpc) is 3.41. The Morgan fingerprint density at radius 2 is 1.85 bits per heavy atom. The first-order valence-electron chi connectivity index (χ1n) is 9.75. The summed E-state index contributed by atoms with van der Waals surface area (Å²) in [4.78, 5) is 28.9. The number of anilines is 2. The van der Waals surface area contributed by atoms with Gasteiger partial charge in [0.15, 0.2) is 0 Å². The number of nitrogens with one attached hydrogen (secondary N) is 1. The van der Waals surface area contributed by atoms with Crippen molar-refractivity contribution in [3.05, 3.63) is 24.3 Å².